The molecule has 0 aromatic heterocycles. The first-order valence-electron chi connectivity index (χ1n) is 6.16. The van der Waals surface area contributed by atoms with Crippen LogP contribution in [0.3, 0.4) is 0 Å². The van der Waals surface area contributed by atoms with E-state index in [1.165, 1.54) is 36.5 Å². The number of benzene rings is 2. The van der Waals surface area contributed by atoms with Crippen molar-refractivity contribution in [2.75, 3.05) is 5.43 Å². The molecule has 0 saturated heterocycles. The minimum atomic E-state index is -4.41. The number of halogens is 3. The summed E-state index contributed by atoms with van der Waals surface area (Å²) in [6.45, 7) is 0. The zero-order valence-electron chi connectivity index (χ0n) is 11.1. The Bertz CT molecular complexity index is 712. The van der Waals surface area contributed by atoms with Crippen molar-refractivity contribution in [1.29, 1.82) is 0 Å². The van der Waals surface area contributed by atoms with E-state index in [1.807, 2.05) is 0 Å². The van der Waals surface area contributed by atoms with Gasteiger partial charge in [-0.05, 0) is 35.9 Å². The van der Waals surface area contributed by atoms with Gasteiger partial charge in [0.2, 0.25) is 0 Å². The van der Waals surface area contributed by atoms with Crippen LogP contribution in [-0.4, -0.2) is 17.3 Å². The normalized spacial score (nSPS) is 11.6. The number of hydrazone groups is 1. The zero-order chi connectivity index (χ0) is 16.2. The summed E-state index contributed by atoms with van der Waals surface area (Å²) in [6, 6.07) is 10.6. The highest BCUT2D eigenvalue weighted by Crippen LogP contribution is 2.29. The van der Waals surface area contributed by atoms with Crippen molar-refractivity contribution < 1.29 is 23.1 Å². The average Bonchev–Trinajstić information content (AvgIpc) is 2.47. The maximum atomic E-state index is 12.6. The number of nitrogens with zero attached hydrogens (tertiary/aromatic N) is 1. The summed E-state index contributed by atoms with van der Waals surface area (Å²) in [5.74, 6) is -1.08. The van der Waals surface area contributed by atoms with Gasteiger partial charge in [0.15, 0.2) is 0 Å². The van der Waals surface area contributed by atoms with Crippen molar-refractivity contribution in [3.05, 3.63) is 65.2 Å². The van der Waals surface area contributed by atoms with Gasteiger partial charge in [-0.3, -0.25) is 5.43 Å². The first-order chi connectivity index (χ1) is 10.4. The average molecular weight is 308 g/mol. The molecule has 0 atom stereocenters. The van der Waals surface area contributed by atoms with Crippen LogP contribution in [-0.2, 0) is 6.18 Å². The molecule has 0 amide bonds. The molecule has 0 radical (unpaired) electrons. The predicted molar refractivity (Wildman–Crippen MR) is 76.1 cm³/mol. The molecule has 2 N–H and O–H groups in total. The summed E-state index contributed by atoms with van der Waals surface area (Å²) in [5, 5.41) is 12.6. The van der Waals surface area contributed by atoms with Gasteiger partial charge in [0.25, 0.3) is 0 Å². The molecule has 114 valence electrons. The first-order valence-corrected chi connectivity index (χ1v) is 6.16. The number of aromatic carboxylic acids is 1. The van der Waals surface area contributed by atoms with Crippen molar-refractivity contribution in [2.24, 2.45) is 5.10 Å². The molecule has 0 heterocycles. The van der Waals surface area contributed by atoms with Crippen LogP contribution >= 0.6 is 0 Å². The molecule has 0 saturated carbocycles. The molecule has 2 aromatic carbocycles. The van der Waals surface area contributed by atoms with Gasteiger partial charge in [0.1, 0.15) is 0 Å². The number of rotatable bonds is 4. The fraction of sp³-hybridized carbons (Fsp3) is 0.0667. The zero-order valence-corrected chi connectivity index (χ0v) is 11.1. The number of carboxylic acids is 1. The van der Waals surface area contributed by atoms with Crippen LogP contribution in [0.25, 0.3) is 0 Å². The number of anilines is 1. The Hall–Kier alpha value is -2.83. The highest BCUT2D eigenvalue weighted by Gasteiger charge is 2.30. The van der Waals surface area contributed by atoms with E-state index in [2.05, 4.69) is 10.5 Å². The summed E-state index contributed by atoms with van der Waals surface area (Å²) in [6.07, 6.45) is -3.18. The monoisotopic (exact) mass is 308 g/mol. The van der Waals surface area contributed by atoms with Crippen LogP contribution in [0.4, 0.5) is 18.9 Å². The van der Waals surface area contributed by atoms with Crippen LogP contribution in [0, 0.1) is 0 Å². The number of carbonyl (C=O) groups is 1. The Balaban J connectivity index is 2.10. The predicted octanol–water partition coefficient (Wildman–Crippen LogP) is 3.85. The summed E-state index contributed by atoms with van der Waals surface area (Å²) in [4.78, 5) is 10.8. The van der Waals surface area contributed by atoms with Gasteiger partial charge in [-0.1, -0.05) is 18.2 Å². The molecule has 0 unspecified atom stereocenters. The van der Waals surface area contributed by atoms with Crippen LogP contribution in [0.1, 0.15) is 21.5 Å². The fourth-order valence-electron chi connectivity index (χ4n) is 1.70. The quantitative estimate of drug-likeness (QED) is 0.666. The molecule has 0 aliphatic rings. The fourth-order valence-corrected chi connectivity index (χ4v) is 1.70. The van der Waals surface area contributed by atoms with Crippen molar-refractivity contribution in [3.63, 3.8) is 0 Å². The van der Waals surface area contributed by atoms with E-state index < -0.39 is 17.7 Å². The molecular weight excluding hydrogens is 297 g/mol. The first kappa shape index (κ1) is 15.6. The van der Waals surface area contributed by atoms with Gasteiger partial charge < -0.3 is 5.11 Å². The van der Waals surface area contributed by atoms with Crippen LogP contribution in [0.5, 0.6) is 0 Å². The lowest BCUT2D eigenvalue weighted by Gasteiger charge is -2.06. The number of hydrogen-bond acceptors (Lipinski definition) is 3. The third-order valence-electron chi connectivity index (χ3n) is 2.73. The van der Waals surface area contributed by atoms with E-state index in [0.717, 1.165) is 12.1 Å². The van der Waals surface area contributed by atoms with Crippen LogP contribution < -0.4 is 5.43 Å². The minimum Gasteiger partial charge on any atom is -0.478 e. The molecule has 0 fully saturated rings. The Morgan fingerprint density at radius 3 is 2.55 bits per heavy atom. The molecule has 2 aromatic rings. The van der Waals surface area contributed by atoms with Crippen molar-refractivity contribution in [1.82, 2.24) is 0 Å². The molecule has 0 bridgehead atoms. The highest BCUT2D eigenvalue weighted by atomic mass is 19.4. The van der Waals surface area contributed by atoms with Gasteiger partial charge in [-0.15, -0.1) is 0 Å². The smallest absolute Gasteiger partial charge is 0.416 e. The second kappa shape index (κ2) is 6.30. The second-order valence-electron chi connectivity index (χ2n) is 4.38. The maximum Gasteiger partial charge on any atom is 0.416 e. The highest BCUT2D eigenvalue weighted by molar-refractivity contribution is 5.88. The van der Waals surface area contributed by atoms with Gasteiger partial charge in [-0.25, -0.2) is 4.79 Å². The lowest BCUT2D eigenvalue weighted by Crippen LogP contribution is -2.05. The third kappa shape index (κ3) is 4.08. The molecule has 4 nitrogen and oxygen atoms in total. The van der Waals surface area contributed by atoms with E-state index in [-0.39, 0.29) is 11.1 Å². The summed E-state index contributed by atoms with van der Waals surface area (Å²) in [7, 11) is 0. The molecule has 7 heteroatoms. The number of hydrogen-bond donors (Lipinski definition) is 2. The van der Waals surface area contributed by atoms with E-state index >= 15 is 0 Å². The Morgan fingerprint density at radius 2 is 1.86 bits per heavy atom. The SMILES string of the molecule is O=C(O)c1cccc(N/N=C/c2cccc(C(F)(F)F)c2)c1. The van der Waals surface area contributed by atoms with Crippen molar-refractivity contribution in [3.8, 4) is 0 Å². The maximum absolute atomic E-state index is 12.6. The van der Waals surface area contributed by atoms with Gasteiger partial charge in [-0.2, -0.15) is 18.3 Å². The lowest BCUT2D eigenvalue weighted by molar-refractivity contribution is -0.137. The Morgan fingerprint density at radius 1 is 1.14 bits per heavy atom. The molecule has 22 heavy (non-hydrogen) atoms. The van der Waals surface area contributed by atoms with Crippen molar-refractivity contribution >= 4 is 17.9 Å². The second-order valence-corrected chi connectivity index (χ2v) is 4.38. The molecule has 2 rings (SSSR count). The summed E-state index contributed by atoms with van der Waals surface area (Å²) < 4.78 is 37.7. The summed E-state index contributed by atoms with van der Waals surface area (Å²) in [5.41, 5.74) is 2.59. The van der Waals surface area contributed by atoms with Gasteiger partial charge >= 0.3 is 12.1 Å². The standard InChI is InChI=1S/C15H11F3N2O2/c16-15(17,18)12-5-1-3-10(7-12)9-19-20-13-6-2-4-11(8-13)14(21)22/h1-9,20H,(H,21,22)/b19-9+. The lowest BCUT2D eigenvalue weighted by atomic mass is 10.1. The number of carboxylic acid groups (broad SMARTS) is 1. The number of alkyl halides is 3. The topological polar surface area (TPSA) is 61.7 Å². The van der Waals surface area contributed by atoms with E-state index in [1.54, 1.807) is 6.07 Å². The molecular formula is C15H11F3N2O2. The minimum absolute atomic E-state index is 0.0827. The molecule has 0 spiro atoms. The summed E-state index contributed by atoms with van der Waals surface area (Å²) >= 11 is 0. The van der Waals surface area contributed by atoms with Crippen molar-refractivity contribution in [2.45, 2.75) is 6.18 Å². The third-order valence-corrected chi connectivity index (χ3v) is 2.73. The van der Waals surface area contributed by atoms with E-state index in [4.69, 9.17) is 5.11 Å². The van der Waals surface area contributed by atoms with E-state index in [9.17, 15) is 18.0 Å². The number of nitrogens with one attached hydrogen (secondary N) is 1. The van der Waals surface area contributed by atoms with E-state index in [0.29, 0.717) is 5.69 Å². The molecule has 0 aliphatic carbocycles. The Kier molecular flexibility index (Phi) is 4.45. The molecule has 0 aliphatic heterocycles. The van der Waals surface area contributed by atoms with Crippen LogP contribution in [0.15, 0.2) is 53.6 Å². The Labute approximate surface area is 123 Å². The largest absolute Gasteiger partial charge is 0.478 e. The van der Waals surface area contributed by atoms with Crippen LogP contribution in [0.2, 0.25) is 0 Å². The van der Waals surface area contributed by atoms with Gasteiger partial charge in [0, 0.05) is 0 Å². The van der Waals surface area contributed by atoms with Gasteiger partial charge in [0.05, 0.1) is 23.0 Å².